The highest BCUT2D eigenvalue weighted by Gasteiger charge is 2.26. The number of pyridine rings is 1. The lowest BCUT2D eigenvalue weighted by Gasteiger charge is -2.15. The monoisotopic (exact) mass is 460 g/mol. The Hall–Kier alpha value is -4.40. The van der Waals surface area contributed by atoms with E-state index in [9.17, 15) is 9.59 Å². The SMILES string of the molecule is CCOC(=O)c1cnn(-c2cc(C)c3ccccc3n2)c1NC(=O)c1c(OC)cccc1OC. The summed E-state index contributed by atoms with van der Waals surface area (Å²) < 4.78 is 17.3. The Morgan fingerprint density at radius 2 is 1.74 bits per heavy atom. The number of esters is 1. The van der Waals surface area contributed by atoms with Crippen LogP contribution in [-0.2, 0) is 4.74 Å². The molecule has 1 amide bonds. The van der Waals surface area contributed by atoms with Gasteiger partial charge in [0.2, 0.25) is 0 Å². The highest BCUT2D eigenvalue weighted by Crippen LogP contribution is 2.30. The number of fused-ring (bicyclic) bond motifs is 1. The molecule has 0 unspecified atom stereocenters. The first-order valence-corrected chi connectivity index (χ1v) is 10.6. The third kappa shape index (κ3) is 4.15. The molecule has 0 aliphatic rings. The van der Waals surface area contributed by atoms with E-state index in [2.05, 4.69) is 15.4 Å². The number of aryl methyl sites for hydroxylation is 1. The van der Waals surface area contributed by atoms with E-state index < -0.39 is 11.9 Å². The van der Waals surface area contributed by atoms with Crippen LogP contribution in [0.2, 0.25) is 0 Å². The number of carbonyl (C=O) groups excluding carboxylic acids is 2. The van der Waals surface area contributed by atoms with Gasteiger partial charge in [0.25, 0.3) is 5.91 Å². The molecule has 0 spiro atoms. The maximum absolute atomic E-state index is 13.4. The minimum Gasteiger partial charge on any atom is -0.496 e. The zero-order valence-corrected chi connectivity index (χ0v) is 19.3. The molecule has 9 heteroatoms. The van der Waals surface area contributed by atoms with E-state index in [0.29, 0.717) is 17.3 Å². The molecule has 2 aromatic heterocycles. The minimum absolute atomic E-state index is 0.0941. The van der Waals surface area contributed by atoms with E-state index in [4.69, 9.17) is 14.2 Å². The molecule has 1 N–H and O–H groups in total. The molecular weight excluding hydrogens is 436 g/mol. The van der Waals surface area contributed by atoms with Crippen LogP contribution in [0.15, 0.2) is 54.7 Å². The quantitative estimate of drug-likeness (QED) is 0.413. The molecule has 2 heterocycles. The van der Waals surface area contributed by atoms with Gasteiger partial charge in [-0.3, -0.25) is 4.79 Å². The van der Waals surface area contributed by atoms with Crippen molar-refractivity contribution in [2.24, 2.45) is 0 Å². The standard InChI is InChI=1S/C25H24N4O5/c1-5-34-25(31)17-14-26-29(21-13-15(2)16-9-6-7-10-18(16)27-21)23(17)28-24(30)22-19(32-3)11-8-12-20(22)33-4/h6-14H,5H2,1-4H3,(H,28,30). The van der Waals surface area contributed by atoms with Crippen LogP contribution in [0.1, 0.15) is 33.2 Å². The summed E-state index contributed by atoms with van der Waals surface area (Å²) in [5, 5.41) is 8.13. The smallest absolute Gasteiger partial charge is 0.343 e. The second-order valence-electron chi connectivity index (χ2n) is 7.35. The van der Waals surface area contributed by atoms with Crippen molar-refractivity contribution in [3.8, 4) is 17.3 Å². The first-order chi connectivity index (χ1) is 16.5. The second-order valence-corrected chi connectivity index (χ2v) is 7.35. The van der Waals surface area contributed by atoms with E-state index in [1.165, 1.54) is 25.1 Å². The number of nitrogens with one attached hydrogen (secondary N) is 1. The summed E-state index contributed by atoms with van der Waals surface area (Å²) >= 11 is 0. The van der Waals surface area contributed by atoms with Crippen molar-refractivity contribution < 1.29 is 23.8 Å². The Labute approximate surface area is 196 Å². The number of rotatable bonds is 7. The molecule has 0 bridgehead atoms. The molecule has 0 radical (unpaired) electrons. The average Bonchev–Trinajstić information content (AvgIpc) is 3.27. The predicted molar refractivity (Wildman–Crippen MR) is 127 cm³/mol. The van der Waals surface area contributed by atoms with Crippen molar-refractivity contribution in [1.82, 2.24) is 14.8 Å². The summed E-state index contributed by atoms with van der Waals surface area (Å²) in [7, 11) is 2.92. The molecule has 34 heavy (non-hydrogen) atoms. The summed E-state index contributed by atoms with van der Waals surface area (Å²) in [6.45, 7) is 3.83. The minimum atomic E-state index is -0.617. The number of hydrogen-bond acceptors (Lipinski definition) is 7. The molecule has 0 saturated carbocycles. The van der Waals surface area contributed by atoms with Crippen LogP contribution in [0.5, 0.6) is 11.5 Å². The van der Waals surface area contributed by atoms with Crippen LogP contribution >= 0.6 is 0 Å². The second kappa shape index (κ2) is 9.62. The lowest BCUT2D eigenvalue weighted by molar-refractivity contribution is 0.0527. The first kappa shape index (κ1) is 22.8. The number of amides is 1. The summed E-state index contributed by atoms with van der Waals surface area (Å²) in [5.41, 5.74) is 2.00. The van der Waals surface area contributed by atoms with Crippen LogP contribution in [0, 0.1) is 6.92 Å². The zero-order valence-electron chi connectivity index (χ0n) is 19.3. The summed E-state index contributed by atoms with van der Waals surface area (Å²) in [6.07, 6.45) is 1.35. The highest BCUT2D eigenvalue weighted by atomic mass is 16.5. The number of methoxy groups -OCH3 is 2. The van der Waals surface area contributed by atoms with Gasteiger partial charge >= 0.3 is 5.97 Å². The fourth-order valence-corrected chi connectivity index (χ4v) is 3.69. The maximum atomic E-state index is 13.4. The first-order valence-electron chi connectivity index (χ1n) is 10.6. The van der Waals surface area contributed by atoms with Crippen molar-refractivity contribution in [3.63, 3.8) is 0 Å². The number of anilines is 1. The third-order valence-electron chi connectivity index (χ3n) is 5.28. The fourth-order valence-electron chi connectivity index (χ4n) is 3.69. The largest absolute Gasteiger partial charge is 0.496 e. The summed E-state index contributed by atoms with van der Waals surface area (Å²) in [6, 6.07) is 14.5. The molecule has 0 atom stereocenters. The van der Waals surface area contributed by atoms with Gasteiger partial charge in [-0.15, -0.1) is 0 Å². The number of benzene rings is 2. The lowest BCUT2D eigenvalue weighted by Crippen LogP contribution is -2.20. The van der Waals surface area contributed by atoms with Gasteiger partial charge in [-0.1, -0.05) is 24.3 Å². The van der Waals surface area contributed by atoms with Gasteiger partial charge in [-0.25, -0.2) is 9.78 Å². The van der Waals surface area contributed by atoms with Crippen LogP contribution in [0.25, 0.3) is 16.7 Å². The Bertz CT molecular complexity index is 1360. The molecule has 4 aromatic rings. The number of aromatic nitrogens is 3. The molecule has 2 aromatic carbocycles. The Morgan fingerprint density at radius 3 is 2.41 bits per heavy atom. The van der Waals surface area contributed by atoms with E-state index in [-0.39, 0.29) is 23.6 Å². The number of hydrogen-bond donors (Lipinski definition) is 1. The van der Waals surface area contributed by atoms with Crippen LogP contribution in [0.4, 0.5) is 5.82 Å². The van der Waals surface area contributed by atoms with E-state index >= 15 is 0 Å². The molecule has 0 fully saturated rings. The van der Waals surface area contributed by atoms with Crippen LogP contribution in [-0.4, -0.2) is 47.5 Å². The van der Waals surface area contributed by atoms with Crippen molar-refractivity contribution in [3.05, 3.63) is 71.4 Å². The average molecular weight is 460 g/mol. The summed E-state index contributed by atoms with van der Waals surface area (Å²) in [4.78, 5) is 30.7. The van der Waals surface area contributed by atoms with Crippen LogP contribution in [0.3, 0.4) is 0 Å². The van der Waals surface area contributed by atoms with Crippen molar-refractivity contribution in [2.45, 2.75) is 13.8 Å². The predicted octanol–water partition coefficient (Wildman–Crippen LogP) is 4.18. The van der Waals surface area contributed by atoms with Crippen LogP contribution < -0.4 is 14.8 Å². The summed E-state index contributed by atoms with van der Waals surface area (Å²) in [5.74, 6) is 0.0424. The number of para-hydroxylation sites is 1. The molecule has 174 valence electrons. The van der Waals surface area contributed by atoms with Crippen molar-refractivity contribution in [1.29, 1.82) is 0 Å². The zero-order chi connectivity index (χ0) is 24.2. The van der Waals surface area contributed by atoms with Gasteiger partial charge in [-0.05, 0) is 43.7 Å². The number of nitrogens with zero attached hydrogens (tertiary/aromatic N) is 3. The topological polar surface area (TPSA) is 105 Å². The molecule has 0 aliphatic carbocycles. The Morgan fingerprint density at radius 1 is 1.03 bits per heavy atom. The van der Waals surface area contributed by atoms with E-state index in [1.807, 2.05) is 37.3 Å². The van der Waals surface area contributed by atoms with Gasteiger partial charge in [-0.2, -0.15) is 9.78 Å². The number of carbonyl (C=O) groups is 2. The van der Waals surface area contributed by atoms with E-state index in [0.717, 1.165) is 16.5 Å². The molecular formula is C25H24N4O5. The molecule has 0 saturated heterocycles. The molecule has 0 aliphatic heterocycles. The van der Waals surface area contributed by atoms with Crippen molar-refractivity contribution in [2.75, 3.05) is 26.1 Å². The molecule has 4 rings (SSSR count). The lowest BCUT2D eigenvalue weighted by atomic mass is 10.1. The van der Waals surface area contributed by atoms with Gasteiger partial charge in [0, 0.05) is 5.39 Å². The van der Waals surface area contributed by atoms with E-state index in [1.54, 1.807) is 25.1 Å². The van der Waals surface area contributed by atoms with Gasteiger partial charge in [0.15, 0.2) is 11.6 Å². The fraction of sp³-hybridized carbons (Fsp3) is 0.200. The molecule has 9 nitrogen and oxygen atoms in total. The Kier molecular flexibility index (Phi) is 6.44. The van der Waals surface area contributed by atoms with Gasteiger partial charge in [0.05, 0.1) is 32.5 Å². The number of ether oxygens (including phenoxy) is 3. The van der Waals surface area contributed by atoms with Gasteiger partial charge in [0.1, 0.15) is 22.6 Å². The maximum Gasteiger partial charge on any atom is 0.343 e. The van der Waals surface area contributed by atoms with Crippen molar-refractivity contribution >= 4 is 28.6 Å². The Balaban J connectivity index is 1.85. The van der Waals surface area contributed by atoms with Gasteiger partial charge < -0.3 is 19.5 Å². The third-order valence-corrected chi connectivity index (χ3v) is 5.28. The normalized spacial score (nSPS) is 10.7. The highest BCUT2D eigenvalue weighted by molar-refractivity contribution is 6.10.